The van der Waals surface area contributed by atoms with Crippen molar-refractivity contribution in [1.82, 2.24) is 4.98 Å². The van der Waals surface area contributed by atoms with E-state index in [0.717, 1.165) is 18.2 Å². The number of aryl methyl sites for hydroxylation is 1. The summed E-state index contributed by atoms with van der Waals surface area (Å²) in [6.07, 6.45) is -4.70. The molecule has 5 nitrogen and oxygen atoms in total. The van der Waals surface area contributed by atoms with Gasteiger partial charge in [0, 0.05) is 6.07 Å². The number of ether oxygens (including phenoxy) is 1. The van der Waals surface area contributed by atoms with Crippen LogP contribution in [0.2, 0.25) is 5.02 Å². The smallest absolute Gasteiger partial charge is 0.417 e. The summed E-state index contributed by atoms with van der Waals surface area (Å²) in [5, 5.41) is 10.7. The van der Waals surface area contributed by atoms with Gasteiger partial charge in [-0.2, -0.15) is 13.2 Å². The van der Waals surface area contributed by atoms with Crippen LogP contribution in [0, 0.1) is 22.9 Å². The first-order valence-electron chi connectivity index (χ1n) is 8.03. The van der Waals surface area contributed by atoms with Crippen LogP contribution in [0.5, 0.6) is 11.6 Å². The van der Waals surface area contributed by atoms with Gasteiger partial charge >= 0.3 is 6.18 Å². The van der Waals surface area contributed by atoms with Gasteiger partial charge < -0.3 is 4.74 Å². The molecule has 0 aliphatic heterocycles. The summed E-state index contributed by atoms with van der Waals surface area (Å²) in [6, 6.07) is 9.08. The van der Waals surface area contributed by atoms with Crippen molar-refractivity contribution in [2.24, 2.45) is 0 Å². The fourth-order valence-electron chi connectivity index (χ4n) is 2.57. The third-order valence-electron chi connectivity index (χ3n) is 3.96. The van der Waals surface area contributed by atoms with E-state index in [1.165, 1.54) is 31.2 Å². The Hall–Kier alpha value is -3.20. The van der Waals surface area contributed by atoms with Crippen molar-refractivity contribution in [2.75, 3.05) is 0 Å². The van der Waals surface area contributed by atoms with Gasteiger partial charge in [0.2, 0.25) is 5.88 Å². The number of hydrogen-bond acceptors (Lipinski definition) is 4. The molecule has 3 aromatic rings. The molecule has 0 saturated heterocycles. The first kappa shape index (κ1) is 20.5. The molecule has 0 aliphatic carbocycles. The Balaban J connectivity index is 2.13. The number of pyridine rings is 1. The second-order valence-electron chi connectivity index (χ2n) is 5.95. The van der Waals surface area contributed by atoms with Crippen molar-refractivity contribution in [1.29, 1.82) is 0 Å². The van der Waals surface area contributed by atoms with Gasteiger partial charge in [-0.1, -0.05) is 23.7 Å². The molecule has 0 saturated carbocycles. The summed E-state index contributed by atoms with van der Waals surface area (Å²) < 4.78 is 58.0. The standard InChI is InChI=1S/C19H11ClF4N2O3/c1-10-17(26(27)28)9-14(11-2-4-12(21)5-3-11)18(25-10)29-13-6-7-16(20)15(8-13)19(22,23)24/h2-9H,1H3. The Bertz CT molecular complexity index is 1090. The van der Waals surface area contributed by atoms with E-state index in [1.807, 2.05) is 0 Å². The fraction of sp³-hybridized carbons (Fsp3) is 0.105. The molecule has 0 unspecified atom stereocenters. The number of alkyl halides is 3. The molecule has 0 N–H and O–H groups in total. The van der Waals surface area contributed by atoms with Gasteiger partial charge in [-0.25, -0.2) is 9.37 Å². The lowest BCUT2D eigenvalue weighted by Crippen LogP contribution is -2.06. The Morgan fingerprint density at radius 2 is 1.76 bits per heavy atom. The topological polar surface area (TPSA) is 65.3 Å². The van der Waals surface area contributed by atoms with Crippen molar-refractivity contribution in [2.45, 2.75) is 13.1 Å². The molecule has 0 aliphatic rings. The van der Waals surface area contributed by atoms with Crippen molar-refractivity contribution in [3.63, 3.8) is 0 Å². The van der Waals surface area contributed by atoms with Gasteiger partial charge in [0.25, 0.3) is 5.69 Å². The molecule has 0 amide bonds. The van der Waals surface area contributed by atoms with Crippen LogP contribution in [-0.2, 0) is 6.18 Å². The Kier molecular flexibility index (Phi) is 5.43. The summed E-state index contributed by atoms with van der Waals surface area (Å²) in [5.41, 5.74) is -0.962. The molecule has 3 rings (SSSR count). The zero-order valence-electron chi connectivity index (χ0n) is 14.6. The zero-order valence-corrected chi connectivity index (χ0v) is 15.4. The molecular formula is C19H11ClF4N2O3. The Morgan fingerprint density at radius 3 is 2.34 bits per heavy atom. The first-order valence-corrected chi connectivity index (χ1v) is 8.40. The summed E-state index contributed by atoms with van der Waals surface area (Å²) in [7, 11) is 0. The van der Waals surface area contributed by atoms with Gasteiger partial charge in [-0.15, -0.1) is 0 Å². The van der Waals surface area contributed by atoms with Gasteiger partial charge in [0.1, 0.15) is 17.3 Å². The summed E-state index contributed by atoms with van der Waals surface area (Å²) in [6.45, 7) is 1.36. The van der Waals surface area contributed by atoms with Gasteiger partial charge in [0.15, 0.2) is 0 Å². The normalized spacial score (nSPS) is 11.4. The number of hydrogen-bond donors (Lipinski definition) is 0. The van der Waals surface area contributed by atoms with E-state index in [2.05, 4.69) is 4.98 Å². The number of nitro groups is 1. The second-order valence-corrected chi connectivity index (χ2v) is 6.36. The summed E-state index contributed by atoms with van der Waals surface area (Å²) >= 11 is 5.61. The zero-order chi connectivity index (χ0) is 21.3. The maximum Gasteiger partial charge on any atom is 0.417 e. The summed E-state index contributed by atoms with van der Waals surface area (Å²) in [4.78, 5) is 14.6. The SMILES string of the molecule is Cc1nc(Oc2ccc(Cl)c(C(F)(F)F)c2)c(-c2ccc(F)cc2)cc1[N+](=O)[O-]. The highest BCUT2D eigenvalue weighted by Gasteiger charge is 2.33. The minimum absolute atomic E-state index is 0.000806. The van der Waals surface area contributed by atoms with Crippen molar-refractivity contribution >= 4 is 17.3 Å². The van der Waals surface area contributed by atoms with Crippen LogP contribution >= 0.6 is 11.6 Å². The van der Waals surface area contributed by atoms with E-state index >= 15 is 0 Å². The number of rotatable bonds is 4. The van der Waals surface area contributed by atoms with E-state index in [0.29, 0.717) is 11.6 Å². The Labute approximate surface area is 166 Å². The molecular weight excluding hydrogens is 416 g/mol. The number of aromatic nitrogens is 1. The molecule has 1 aromatic heterocycles. The van der Waals surface area contributed by atoms with Crippen molar-refractivity contribution < 1.29 is 27.2 Å². The summed E-state index contributed by atoms with van der Waals surface area (Å²) in [5.74, 6) is -0.917. The minimum Gasteiger partial charge on any atom is -0.438 e. The molecule has 10 heteroatoms. The number of benzene rings is 2. The molecule has 1 heterocycles. The van der Waals surface area contributed by atoms with Crippen LogP contribution in [0.3, 0.4) is 0 Å². The molecule has 0 atom stereocenters. The fourth-order valence-corrected chi connectivity index (χ4v) is 2.79. The molecule has 0 spiro atoms. The van der Waals surface area contributed by atoms with Gasteiger partial charge in [-0.3, -0.25) is 10.1 Å². The highest BCUT2D eigenvalue weighted by molar-refractivity contribution is 6.31. The predicted octanol–water partition coefficient (Wildman–Crippen LogP) is 6.57. The highest BCUT2D eigenvalue weighted by Crippen LogP contribution is 2.40. The first-order chi connectivity index (χ1) is 13.6. The third-order valence-corrected chi connectivity index (χ3v) is 4.29. The lowest BCUT2D eigenvalue weighted by Gasteiger charge is -2.14. The van der Waals surface area contributed by atoms with Crippen molar-refractivity contribution in [3.8, 4) is 22.8 Å². The van der Waals surface area contributed by atoms with Crippen molar-refractivity contribution in [3.05, 3.63) is 80.7 Å². The number of halogens is 5. The maximum absolute atomic E-state index is 13.2. The van der Waals surface area contributed by atoms with Gasteiger partial charge in [0.05, 0.1) is 21.1 Å². The monoisotopic (exact) mass is 426 g/mol. The second kappa shape index (κ2) is 7.67. The van der Waals surface area contributed by atoms with E-state index in [-0.39, 0.29) is 28.6 Å². The average Bonchev–Trinajstić information content (AvgIpc) is 2.63. The minimum atomic E-state index is -4.70. The molecule has 0 fully saturated rings. The van der Waals surface area contributed by atoms with E-state index in [4.69, 9.17) is 16.3 Å². The van der Waals surface area contributed by atoms with Crippen LogP contribution in [-0.4, -0.2) is 9.91 Å². The lowest BCUT2D eigenvalue weighted by atomic mass is 10.1. The van der Waals surface area contributed by atoms with E-state index in [9.17, 15) is 27.7 Å². The molecule has 0 bridgehead atoms. The molecule has 150 valence electrons. The third kappa shape index (κ3) is 4.45. The lowest BCUT2D eigenvalue weighted by molar-refractivity contribution is -0.385. The van der Waals surface area contributed by atoms with Crippen LogP contribution in [0.25, 0.3) is 11.1 Å². The van der Waals surface area contributed by atoms with Crippen LogP contribution in [0.15, 0.2) is 48.5 Å². The molecule has 0 radical (unpaired) electrons. The predicted molar refractivity (Wildman–Crippen MR) is 97.6 cm³/mol. The van der Waals surface area contributed by atoms with Crippen LogP contribution in [0.4, 0.5) is 23.2 Å². The largest absolute Gasteiger partial charge is 0.438 e. The van der Waals surface area contributed by atoms with E-state index in [1.54, 1.807) is 0 Å². The van der Waals surface area contributed by atoms with E-state index < -0.39 is 27.5 Å². The highest BCUT2D eigenvalue weighted by atomic mass is 35.5. The number of nitrogens with zero attached hydrogens (tertiary/aromatic N) is 2. The van der Waals surface area contributed by atoms with Gasteiger partial charge in [-0.05, 0) is 42.8 Å². The van der Waals surface area contributed by atoms with Crippen LogP contribution < -0.4 is 4.74 Å². The Morgan fingerprint density at radius 1 is 1.10 bits per heavy atom. The average molecular weight is 427 g/mol. The van der Waals surface area contributed by atoms with Crippen LogP contribution in [0.1, 0.15) is 11.3 Å². The maximum atomic E-state index is 13.2. The molecule has 2 aromatic carbocycles. The quantitative estimate of drug-likeness (QED) is 0.269. The molecule has 29 heavy (non-hydrogen) atoms.